The Labute approximate surface area is 195 Å². The number of halogens is 4. The molecule has 0 saturated heterocycles. The number of alkyl halides is 3. The number of nitriles is 1. The Morgan fingerprint density at radius 2 is 1.68 bits per heavy atom. The molecule has 0 aliphatic rings. The molecule has 0 aliphatic heterocycles. The molecular weight excluding hydrogens is 474 g/mol. The summed E-state index contributed by atoms with van der Waals surface area (Å²) in [4.78, 5) is 11.9. The molecule has 0 spiro atoms. The van der Waals surface area contributed by atoms with E-state index in [1.165, 1.54) is 30.3 Å². The molecule has 0 fully saturated rings. The zero-order valence-corrected chi connectivity index (χ0v) is 19.6. The van der Waals surface area contributed by atoms with Crippen LogP contribution >= 0.6 is 0 Å². The summed E-state index contributed by atoms with van der Waals surface area (Å²) >= 11 is 0. The van der Waals surface area contributed by atoms with Crippen LogP contribution < -0.4 is 10.6 Å². The summed E-state index contributed by atoms with van der Waals surface area (Å²) in [6.07, 6.45) is -3.74. The Hall–Kier alpha value is -2.97. The van der Waals surface area contributed by atoms with Gasteiger partial charge in [0.25, 0.3) is 0 Å². The zero-order valence-electron chi connectivity index (χ0n) is 18.8. The molecule has 0 heterocycles. The molecule has 11 heteroatoms. The fourth-order valence-corrected chi connectivity index (χ4v) is 4.13. The highest BCUT2D eigenvalue weighted by Gasteiger charge is 2.42. The molecular formula is C23H25F4N3O3S. The lowest BCUT2D eigenvalue weighted by atomic mass is 9.97. The minimum Gasteiger partial charge on any atom is -0.342 e. The van der Waals surface area contributed by atoms with E-state index in [0.29, 0.717) is 11.1 Å². The standard InChI is InChI=1S/C23H25F4N3O3S/c1-14(2)12-19(22(31)29-11-10-28)30-21(23(25,26)27)16-6-4-15(5-7-16)17-8-9-20(18(24)13-17)34(3,32)33/h4-9,13-14,19,21,30H,11-12H2,1-3H3,(H,29,31)/t19-,21-/m0/s1. The van der Waals surface area contributed by atoms with Crippen molar-refractivity contribution in [3.05, 3.63) is 53.8 Å². The monoisotopic (exact) mass is 499 g/mol. The molecule has 2 aromatic rings. The number of amides is 1. The maximum Gasteiger partial charge on any atom is 0.407 e. The lowest BCUT2D eigenvalue weighted by Gasteiger charge is -2.28. The number of sulfone groups is 1. The van der Waals surface area contributed by atoms with Crippen molar-refractivity contribution >= 4 is 15.7 Å². The van der Waals surface area contributed by atoms with E-state index in [0.717, 1.165) is 18.4 Å². The normalized spacial score (nSPS) is 13.9. The predicted octanol–water partition coefficient (Wildman–Crippen LogP) is 4.14. The van der Waals surface area contributed by atoms with Gasteiger partial charge < -0.3 is 5.32 Å². The van der Waals surface area contributed by atoms with Crippen LogP contribution in [-0.4, -0.2) is 39.3 Å². The number of carbonyl (C=O) groups excluding carboxylic acids is 1. The van der Waals surface area contributed by atoms with Crippen molar-refractivity contribution < 1.29 is 30.8 Å². The van der Waals surface area contributed by atoms with Crippen molar-refractivity contribution in [1.82, 2.24) is 10.6 Å². The Balaban J connectivity index is 2.35. The van der Waals surface area contributed by atoms with Gasteiger partial charge in [-0.1, -0.05) is 44.2 Å². The fourth-order valence-electron chi connectivity index (χ4n) is 3.40. The molecule has 0 saturated carbocycles. The molecule has 1 amide bonds. The third-order valence-electron chi connectivity index (χ3n) is 4.97. The average molecular weight is 500 g/mol. The lowest BCUT2D eigenvalue weighted by molar-refractivity contribution is -0.161. The van der Waals surface area contributed by atoms with Gasteiger partial charge in [0.2, 0.25) is 5.91 Å². The smallest absolute Gasteiger partial charge is 0.342 e. The van der Waals surface area contributed by atoms with Gasteiger partial charge in [0, 0.05) is 6.26 Å². The van der Waals surface area contributed by atoms with E-state index < -0.39 is 44.7 Å². The van der Waals surface area contributed by atoms with Gasteiger partial charge in [-0.25, -0.2) is 12.8 Å². The van der Waals surface area contributed by atoms with Crippen molar-refractivity contribution in [1.29, 1.82) is 5.26 Å². The van der Waals surface area contributed by atoms with Crippen LogP contribution in [0.25, 0.3) is 11.1 Å². The number of hydrogen-bond donors (Lipinski definition) is 2. The van der Waals surface area contributed by atoms with Crippen LogP contribution in [0.3, 0.4) is 0 Å². The Morgan fingerprint density at radius 3 is 2.15 bits per heavy atom. The molecule has 34 heavy (non-hydrogen) atoms. The van der Waals surface area contributed by atoms with E-state index in [1.807, 2.05) is 0 Å². The highest BCUT2D eigenvalue weighted by molar-refractivity contribution is 7.90. The lowest BCUT2D eigenvalue weighted by Crippen LogP contribution is -2.49. The second-order valence-corrected chi connectivity index (χ2v) is 10.2. The molecule has 0 unspecified atom stereocenters. The number of benzene rings is 2. The van der Waals surface area contributed by atoms with Crippen molar-refractivity contribution in [2.75, 3.05) is 12.8 Å². The Morgan fingerprint density at radius 1 is 1.09 bits per heavy atom. The molecule has 2 N–H and O–H groups in total. The van der Waals surface area contributed by atoms with Gasteiger partial charge in [-0.2, -0.15) is 18.4 Å². The Kier molecular flexibility index (Phi) is 8.80. The predicted molar refractivity (Wildman–Crippen MR) is 119 cm³/mol. The van der Waals surface area contributed by atoms with Crippen LogP contribution in [0.15, 0.2) is 47.4 Å². The van der Waals surface area contributed by atoms with Gasteiger partial charge in [0.1, 0.15) is 23.3 Å². The third kappa shape index (κ3) is 7.27. The molecule has 0 bridgehead atoms. The molecule has 2 rings (SSSR count). The second kappa shape index (κ2) is 11.0. The van der Waals surface area contributed by atoms with E-state index in [9.17, 15) is 30.8 Å². The summed E-state index contributed by atoms with van der Waals surface area (Å²) in [5.41, 5.74) is 0.516. The van der Waals surface area contributed by atoms with Gasteiger partial charge in [-0.15, -0.1) is 0 Å². The van der Waals surface area contributed by atoms with Crippen LogP contribution in [0, 0.1) is 23.1 Å². The van der Waals surface area contributed by atoms with Crippen LogP contribution in [0.5, 0.6) is 0 Å². The van der Waals surface area contributed by atoms with Crippen LogP contribution in [-0.2, 0) is 14.6 Å². The van der Waals surface area contributed by atoms with E-state index in [-0.39, 0.29) is 24.4 Å². The largest absolute Gasteiger partial charge is 0.407 e. The van der Waals surface area contributed by atoms with Gasteiger partial charge in [-0.05, 0) is 41.2 Å². The summed E-state index contributed by atoms with van der Waals surface area (Å²) < 4.78 is 79.1. The first-order chi connectivity index (χ1) is 15.7. The molecule has 184 valence electrons. The topological polar surface area (TPSA) is 99.1 Å². The summed E-state index contributed by atoms with van der Waals surface area (Å²) in [7, 11) is -3.76. The van der Waals surface area contributed by atoms with Crippen LogP contribution in [0.4, 0.5) is 17.6 Å². The minimum absolute atomic E-state index is 0.0913. The van der Waals surface area contributed by atoms with E-state index in [4.69, 9.17) is 5.26 Å². The average Bonchev–Trinajstić information content (AvgIpc) is 2.73. The minimum atomic E-state index is -4.73. The maximum absolute atomic E-state index is 14.2. The molecule has 2 atom stereocenters. The van der Waals surface area contributed by atoms with E-state index in [2.05, 4.69) is 10.6 Å². The molecule has 2 aromatic carbocycles. The molecule has 0 aromatic heterocycles. The van der Waals surface area contributed by atoms with Gasteiger partial charge >= 0.3 is 6.18 Å². The first-order valence-corrected chi connectivity index (χ1v) is 12.2. The highest BCUT2D eigenvalue weighted by atomic mass is 32.2. The SMILES string of the molecule is CC(C)C[C@H](N[C@@H](c1ccc(-c2ccc(S(C)(=O)=O)c(F)c2)cc1)C(F)(F)F)C(=O)NCC#N. The first-order valence-electron chi connectivity index (χ1n) is 10.3. The summed E-state index contributed by atoms with van der Waals surface area (Å²) in [6.45, 7) is 3.20. The van der Waals surface area contributed by atoms with E-state index >= 15 is 0 Å². The van der Waals surface area contributed by atoms with Crippen molar-refractivity contribution in [2.24, 2.45) is 5.92 Å². The maximum atomic E-state index is 14.2. The van der Waals surface area contributed by atoms with Gasteiger partial charge in [-0.3, -0.25) is 10.1 Å². The van der Waals surface area contributed by atoms with Gasteiger partial charge in [0.05, 0.1) is 12.1 Å². The summed E-state index contributed by atoms with van der Waals surface area (Å²) in [5.74, 6) is -1.76. The van der Waals surface area contributed by atoms with E-state index in [1.54, 1.807) is 19.9 Å². The number of rotatable bonds is 9. The van der Waals surface area contributed by atoms with Crippen molar-refractivity contribution in [2.45, 2.75) is 43.4 Å². The number of carbonyl (C=O) groups is 1. The molecule has 6 nitrogen and oxygen atoms in total. The third-order valence-corrected chi connectivity index (χ3v) is 6.10. The molecule has 0 radical (unpaired) electrons. The van der Waals surface area contributed by atoms with Crippen LogP contribution in [0.1, 0.15) is 31.9 Å². The van der Waals surface area contributed by atoms with Crippen molar-refractivity contribution in [3.8, 4) is 17.2 Å². The number of nitrogens with zero attached hydrogens (tertiary/aromatic N) is 1. The van der Waals surface area contributed by atoms with Crippen molar-refractivity contribution in [3.63, 3.8) is 0 Å². The van der Waals surface area contributed by atoms with Crippen LogP contribution in [0.2, 0.25) is 0 Å². The zero-order chi connectivity index (χ0) is 25.7. The highest BCUT2D eigenvalue weighted by Crippen LogP contribution is 2.35. The number of nitrogens with one attached hydrogen (secondary N) is 2. The first kappa shape index (κ1) is 27.3. The second-order valence-electron chi connectivity index (χ2n) is 8.24. The fraction of sp³-hybridized carbons (Fsp3) is 0.391. The Bertz CT molecular complexity index is 1160. The van der Waals surface area contributed by atoms with Gasteiger partial charge in [0.15, 0.2) is 9.84 Å². The number of hydrogen-bond acceptors (Lipinski definition) is 5. The molecule has 0 aliphatic carbocycles. The quantitative estimate of drug-likeness (QED) is 0.399. The summed E-state index contributed by atoms with van der Waals surface area (Å²) in [6, 6.07) is 6.98. The summed E-state index contributed by atoms with van der Waals surface area (Å²) in [5, 5.41) is 13.3.